The van der Waals surface area contributed by atoms with Crippen LogP contribution >= 0.6 is 0 Å². The third kappa shape index (κ3) is 0.896. The van der Waals surface area contributed by atoms with E-state index in [1.165, 1.54) is 11.1 Å². The van der Waals surface area contributed by atoms with E-state index in [0.717, 1.165) is 5.57 Å². The molecule has 0 saturated heterocycles. The van der Waals surface area contributed by atoms with E-state index in [1.54, 1.807) is 6.08 Å². The Bertz CT molecular complexity index is 478. The van der Waals surface area contributed by atoms with Gasteiger partial charge in [0.1, 0.15) is 5.76 Å². The molecule has 1 nitrogen and oxygen atoms in total. The first kappa shape index (κ1) is 7.63. The summed E-state index contributed by atoms with van der Waals surface area (Å²) < 4.78 is 0. The SMILES string of the molecule is OC1=C2C=Cc3ccccc3C2C=C1. The Kier molecular flexibility index (Phi) is 1.42. The Morgan fingerprint density at radius 1 is 1.00 bits per heavy atom. The maximum atomic E-state index is 9.59. The second kappa shape index (κ2) is 2.61. The molecule has 1 N–H and O–H groups in total. The van der Waals surface area contributed by atoms with Gasteiger partial charge in [0.2, 0.25) is 0 Å². The van der Waals surface area contributed by atoms with E-state index in [2.05, 4.69) is 18.2 Å². The van der Waals surface area contributed by atoms with E-state index in [4.69, 9.17) is 0 Å². The van der Waals surface area contributed by atoms with E-state index in [-0.39, 0.29) is 5.92 Å². The number of fused-ring (bicyclic) bond motifs is 3. The summed E-state index contributed by atoms with van der Waals surface area (Å²) >= 11 is 0. The van der Waals surface area contributed by atoms with Crippen LogP contribution in [0.15, 0.2) is 53.8 Å². The smallest absolute Gasteiger partial charge is 0.119 e. The van der Waals surface area contributed by atoms with Gasteiger partial charge in [0.05, 0.1) is 0 Å². The van der Waals surface area contributed by atoms with Crippen molar-refractivity contribution in [1.82, 2.24) is 0 Å². The molecular weight excluding hydrogens is 172 g/mol. The average Bonchev–Trinajstić information content (AvgIpc) is 2.61. The molecule has 1 aromatic carbocycles. The van der Waals surface area contributed by atoms with Gasteiger partial charge in [-0.1, -0.05) is 42.5 Å². The monoisotopic (exact) mass is 182 g/mol. The third-order valence-electron chi connectivity index (χ3n) is 2.85. The normalized spacial score (nSPS) is 22.4. The molecule has 0 saturated carbocycles. The van der Waals surface area contributed by atoms with Crippen molar-refractivity contribution < 1.29 is 5.11 Å². The molecule has 1 heteroatoms. The van der Waals surface area contributed by atoms with Gasteiger partial charge in [-0.25, -0.2) is 0 Å². The quantitative estimate of drug-likeness (QED) is 0.653. The molecular formula is C13H10O. The lowest BCUT2D eigenvalue weighted by atomic mass is 9.85. The number of hydrogen-bond donors (Lipinski definition) is 1. The highest BCUT2D eigenvalue weighted by atomic mass is 16.3. The van der Waals surface area contributed by atoms with E-state index in [9.17, 15) is 5.11 Å². The zero-order valence-electron chi connectivity index (χ0n) is 7.64. The highest BCUT2D eigenvalue weighted by molar-refractivity contribution is 5.67. The van der Waals surface area contributed by atoms with Gasteiger partial charge in [0.25, 0.3) is 0 Å². The molecule has 14 heavy (non-hydrogen) atoms. The third-order valence-corrected chi connectivity index (χ3v) is 2.85. The maximum Gasteiger partial charge on any atom is 0.119 e. The number of aliphatic hydroxyl groups is 1. The van der Waals surface area contributed by atoms with Gasteiger partial charge in [-0.15, -0.1) is 0 Å². The molecule has 1 aromatic rings. The molecule has 1 unspecified atom stereocenters. The van der Waals surface area contributed by atoms with Crippen LogP contribution in [0.25, 0.3) is 6.08 Å². The summed E-state index contributed by atoms with van der Waals surface area (Å²) in [7, 11) is 0. The molecule has 1 atom stereocenters. The summed E-state index contributed by atoms with van der Waals surface area (Å²) in [5.74, 6) is 0.664. The Balaban J connectivity index is 2.24. The summed E-state index contributed by atoms with van der Waals surface area (Å²) in [6.45, 7) is 0. The fraction of sp³-hybridized carbons (Fsp3) is 0.0769. The molecule has 0 radical (unpaired) electrons. The fourth-order valence-corrected chi connectivity index (χ4v) is 2.13. The first-order valence-electron chi connectivity index (χ1n) is 4.74. The highest BCUT2D eigenvalue weighted by Crippen LogP contribution is 2.39. The molecule has 0 aromatic heterocycles. The fourth-order valence-electron chi connectivity index (χ4n) is 2.13. The van der Waals surface area contributed by atoms with Crippen molar-refractivity contribution in [2.45, 2.75) is 5.92 Å². The minimum atomic E-state index is 0.260. The number of rotatable bonds is 0. The van der Waals surface area contributed by atoms with Crippen molar-refractivity contribution in [3.05, 3.63) is 65.0 Å². The summed E-state index contributed by atoms with van der Waals surface area (Å²) in [5, 5.41) is 9.59. The molecule has 3 rings (SSSR count). The van der Waals surface area contributed by atoms with Crippen LogP contribution in [0.2, 0.25) is 0 Å². The lowest BCUT2D eigenvalue weighted by Gasteiger charge is -2.18. The zero-order chi connectivity index (χ0) is 9.54. The average molecular weight is 182 g/mol. The van der Waals surface area contributed by atoms with E-state index in [1.807, 2.05) is 24.3 Å². The Morgan fingerprint density at radius 3 is 2.79 bits per heavy atom. The molecule has 0 aliphatic heterocycles. The molecule has 0 bridgehead atoms. The summed E-state index contributed by atoms with van der Waals surface area (Å²) in [4.78, 5) is 0. The van der Waals surface area contributed by atoms with Gasteiger partial charge in [-0.2, -0.15) is 0 Å². The minimum absolute atomic E-state index is 0.260. The van der Waals surface area contributed by atoms with Gasteiger partial charge in [-0.3, -0.25) is 0 Å². The molecule has 68 valence electrons. The molecule has 0 amide bonds. The van der Waals surface area contributed by atoms with Crippen molar-refractivity contribution in [2.24, 2.45) is 0 Å². The number of benzene rings is 1. The largest absolute Gasteiger partial charge is 0.508 e. The van der Waals surface area contributed by atoms with Crippen LogP contribution < -0.4 is 0 Å². The van der Waals surface area contributed by atoms with Crippen molar-refractivity contribution in [3.63, 3.8) is 0 Å². The first-order chi connectivity index (χ1) is 6.86. The molecule has 2 aliphatic carbocycles. The number of aliphatic hydroxyl groups excluding tert-OH is 1. The van der Waals surface area contributed by atoms with Gasteiger partial charge in [-0.05, 0) is 17.2 Å². The van der Waals surface area contributed by atoms with Crippen LogP contribution in [0.3, 0.4) is 0 Å². The van der Waals surface area contributed by atoms with Crippen LogP contribution in [0.1, 0.15) is 17.0 Å². The predicted molar refractivity (Wildman–Crippen MR) is 57.0 cm³/mol. The van der Waals surface area contributed by atoms with Gasteiger partial charge in [0, 0.05) is 11.5 Å². The number of allylic oxidation sites excluding steroid dienone is 4. The Labute approximate surface area is 82.7 Å². The van der Waals surface area contributed by atoms with Crippen molar-refractivity contribution in [2.75, 3.05) is 0 Å². The molecule has 2 aliphatic rings. The molecule has 0 fully saturated rings. The lowest BCUT2D eigenvalue weighted by molar-refractivity contribution is 0.429. The topological polar surface area (TPSA) is 20.2 Å². The second-order valence-electron chi connectivity index (χ2n) is 3.64. The first-order valence-corrected chi connectivity index (χ1v) is 4.74. The van der Waals surface area contributed by atoms with Crippen molar-refractivity contribution >= 4 is 6.08 Å². The summed E-state index contributed by atoms with van der Waals surface area (Å²) in [6.07, 6.45) is 7.90. The number of hydrogen-bond acceptors (Lipinski definition) is 1. The van der Waals surface area contributed by atoms with Crippen LogP contribution in [-0.2, 0) is 0 Å². The van der Waals surface area contributed by atoms with E-state index in [0.29, 0.717) is 5.76 Å². The van der Waals surface area contributed by atoms with Crippen LogP contribution in [0.4, 0.5) is 0 Å². The Hall–Kier alpha value is -1.76. The summed E-state index contributed by atoms with van der Waals surface area (Å²) in [5.41, 5.74) is 3.55. The van der Waals surface area contributed by atoms with E-state index >= 15 is 0 Å². The van der Waals surface area contributed by atoms with E-state index < -0.39 is 0 Å². The standard InChI is InChI=1S/C13H10O/c14-13-8-7-11-10-4-2-1-3-9(10)5-6-12(11)13/h1-8,11,14H. The maximum absolute atomic E-state index is 9.59. The molecule has 0 spiro atoms. The van der Waals surface area contributed by atoms with Crippen LogP contribution in [0.5, 0.6) is 0 Å². The Morgan fingerprint density at radius 2 is 1.86 bits per heavy atom. The summed E-state index contributed by atoms with van der Waals surface area (Å²) in [6, 6.07) is 8.30. The highest BCUT2D eigenvalue weighted by Gasteiger charge is 2.24. The minimum Gasteiger partial charge on any atom is -0.508 e. The lowest BCUT2D eigenvalue weighted by Crippen LogP contribution is -2.02. The van der Waals surface area contributed by atoms with Gasteiger partial charge in [0.15, 0.2) is 0 Å². The zero-order valence-corrected chi connectivity index (χ0v) is 7.64. The predicted octanol–water partition coefficient (Wildman–Crippen LogP) is 3.18. The van der Waals surface area contributed by atoms with Gasteiger partial charge >= 0.3 is 0 Å². The van der Waals surface area contributed by atoms with Crippen LogP contribution in [0, 0.1) is 0 Å². The second-order valence-corrected chi connectivity index (χ2v) is 3.64. The molecule has 0 heterocycles. The van der Waals surface area contributed by atoms with Crippen molar-refractivity contribution in [1.29, 1.82) is 0 Å². The van der Waals surface area contributed by atoms with Crippen molar-refractivity contribution in [3.8, 4) is 0 Å². The van der Waals surface area contributed by atoms with Crippen LogP contribution in [-0.4, -0.2) is 5.11 Å². The van der Waals surface area contributed by atoms with Gasteiger partial charge < -0.3 is 5.11 Å².